The zero-order valence-electron chi connectivity index (χ0n) is 16.7. The van der Waals surface area contributed by atoms with Gasteiger partial charge in [0.05, 0.1) is 7.11 Å². The van der Waals surface area contributed by atoms with Crippen LogP contribution in [0.5, 0.6) is 5.75 Å². The van der Waals surface area contributed by atoms with Crippen molar-refractivity contribution in [3.05, 3.63) is 47.3 Å². The average molecular weight is 383 g/mol. The fraction of sp³-hybridized carbons (Fsp3) is 0.400. The molecule has 0 atom stereocenters. The van der Waals surface area contributed by atoms with Gasteiger partial charge in [-0.15, -0.1) is 10.2 Å². The van der Waals surface area contributed by atoms with Gasteiger partial charge in [-0.1, -0.05) is 12.1 Å². The molecule has 0 saturated carbocycles. The van der Waals surface area contributed by atoms with Crippen LogP contribution >= 0.6 is 0 Å². The molecule has 148 valence electrons. The van der Waals surface area contributed by atoms with E-state index in [1.165, 1.54) is 4.80 Å². The fourth-order valence-corrected chi connectivity index (χ4v) is 3.20. The first-order valence-corrected chi connectivity index (χ1v) is 9.14. The van der Waals surface area contributed by atoms with E-state index in [0.29, 0.717) is 23.7 Å². The summed E-state index contributed by atoms with van der Waals surface area (Å²) < 4.78 is 12.5. The Morgan fingerprint density at radius 3 is 2.75 bits per heavy atom. The Bertz CT molecular complexity index is 961. The number of aryl methyl sites for hydroxylation is 1. The van der Waals surface area contributed by atoms with E-state index in [4.69, 9.17) is 9.47 Å². The number of aromatic nitrogens is 5. The number of ketones is 1. The zero-order valence-corrected chi connectivity index (χ0v) is 16.7. The summed E-state index contributed by atoms with van der Waals surface area (Å²) in [6, 6.07) is 9.33. The Morgan fingerprint density at radius 2 is 2.00 bits per heavy atom. The maximum atomic E-state index is 12.8. The quantitative estimate of drug-likeness (QED) is 0.417. The van der Waals surface area contributed by atoms with Gasteiger partial charge in [0.15, 0.2) is 5.78 Å². The average Bonchev–Trinajstić information content (AvgIpc) is 3.27. The predicted octanol–water partition coefficient (Wildman–Crippen LogP) is 2.69. The molecule has 0 N–H and O–H groups in total. The van der Waals surface area contributed by atoms with Crippen LogP contribution in [0.2, 0.25) is 0 Å². The summed E-state index contributed by atoms with van der Waals surface area (Å²) in [5, 5.41) is 12.4. The van der Waals surface area contributed by atoms with Crippen LogP contribution in [0.1, 0.15) is 28.2 Å². The Balaban J connectivity index is 1.73. The van der Waals surface area contributed by atoms with E-state index < -0.39 is 0 Å². The maximum absolute atomic E-state index is 12.8. The molecule has 8 heteroatoms. The van der Waals surface area contributed by atoms with Gasteiger partial charge in [0.25, 0.3) is 0 Å². The van der Waals surface area contributed by atoms with Gasteiger partial charge >= 0.3 is 0 Å². The van der Waals surface area contributed by atoms with Gasteiger partial charge in [-0.25, -0.2) is 0 Å². The molecular weight excluding hydrogens is 358 g/mol. The number of rotatable bonds is 9. The molecule has 0 aliphatic heterocycles. The fourth-order valence-electron chi connectivity index (χ4n) is 3.20. The molecule has 0 unspecified atom stereocenters. The number of hydrogen-bond donors (Lipinski definition) is 0. The third-order valence-electron chi connectivity index (χ3n) is 4.67. The number of nitrogens with zero attached hydrogens (tertiary/aromatic N) is 5. The van der Waals surface area contributed by atoms with E-state index in [2.05, 4.69) is 20.0 Å². The summed E-state index contributed by atoms with van der Waals surface area (Å²) in [5.74, 6) is 1.13. The molecule has 0 fully saturated rings. The largest absolute Gasteiger partial charge is 0.497 e. The summed E-state index contributed by atoms with van der Waals surface area (Å²) in [6.07, 6.45) is 0.898. The topological polar surface area (TPSA) is 84.1 Å². The molecule has 0 saturated heterocycles. The van der Waals surface area contributed by atoms with Crippen molar-refractivity contribution < 1.29 is 14.3 Å². The van der Waals surface area contributed by atoms with Gasteiger partial charge in [-0.05, 0) is 43.7 Å². The highest BCUT2D eigenvalue weighted by Gasteiger charge is 2.17. The van der Waals surface area contributed by atoms with E-state index in [1.54, 1.807) is 14.2 Å². The summed E-state index contributed by atoms with van der Waals surface area (Å²) in [5.41, 5.74) is 3.48. The zero-order chi connectivity index (χ0) is 20.1. The Kier molecular flexibility index (Phi) is 6.20. The van der Waals surface area contributed by atoms with Crippen LogP contribution in [0.4, 0.5) is 0 Å². The first-order valence-electron chi connectivity index (χ1n) is 9.14. The second kappa shape index (κ2) is 8.79. The number of tetrazole rings is 1. The highest BCUT2D eigenvalue weighted by atomic mass is 16.5. The first kappa shape index (κ1) is 19.8. The van der Waals surface area contributed by atoms with Gasteiger partial charge in [-0.3, -0.25) is 4.79 Å². The van der Waals surface area contributed by atoms with Crippen molar-refractivity contribution in [1.82, 2.24) is 24.8 Å². The van der Waals surface area contributed by atoms with Crippen molar-refractivity contribution in [3.63, 3.8) is 0 Å². The Labute approximate surface area is 164 Å². The molecule has 28 heavy (non-hydrogen) atoms. The van der Waals surface area contributed by atoms with Crippen molar-refractivity contribution in [2.75, 3.05) is 20.8 Å². The number of methoxy groups -OCH3 is 2. The molecule has 3 rings (SSSR count). The van der Waals surface area contributed by atoms with Crippen LogP contribution in [-0.4, -0.2) is 51.4 Å². The normalized spacial score (nSPS) is 11.0. The van der Waals surface area contributed by atoms with Crippen LogP contribution in [0.3, 0.4) is 0 Å². The number of carbonyl (C=O) groups excluding carboxylic acids is 1. The minimum absolute atomic E-state index is 0.0410. The highest BCUT2D eigenvalue weighted by molar-refractivity contribution is 5.97. The number of carbonyl (C=O) groups is 1. The van der Waals surface area contributed by atoms with Crippen molar-refractivity contribution >= 4 is 5.78 Å². The van der Waals surface area contributed by atoms with Gasteiger partial charge in [-0.2, -0.15) is 4.80 Å². The second-order valence-corrected chi connectivity index (χ2v) is 6.58. The SMILES string of the molecule is COCCCn1c(C)cc(C(=O)Cn2nnc(-c3cccc(OC)c3)n2)c1C. The molecular formula is C20H25N5O3. The van der Waals surface area contributed by atoms with Gasteiger partial charge in [0.2, 0.25) is 5.82 Å². The van der Waals surface area contributed by atoms with Crippen molar-refractivity contribution in [2.24, 2.45) is 0 Å². The van der Waals surface area contributed by atoms with Crippen LogP contribution in [0.25, 0.3) is 11.4 Å². The maximum Gasteiger partial charge on any atom is 0.205 e. The lowest BCUT2D eigenvalue weighted by atomic mass is 10.1. The smallest absolute Gasteiger partial charge is 0.205 e. The number of Topliss-reactive ketones (excluding diaryl/α,β-unsaturated/α-hetero) is 1. The molecule has 0 amide bonds. The second-order valence-electron chi connectivity index (χ2n) is 6.58. The minimum atomic E-state index is -0.0410. The van der Waals surface area contributed by atoms with E-state index in [9.17, 15) is 4.79 Å². The monoisotopic (exact) mass is 383 g/mol. The molecule has 0 aliphatic rings. The third kappa shape index (κ3) is 4.28. The molecule has 2 aromatic heterocycles. The molecule has 0 aliphatic carbocycles. The predicted molar refractivity (Wildman–Crippen MR) is 105 cm³/mol. The van der Waals surface area contributed by atoms with Crippen molar-refractivity contribution in [1.29, 1.82) is 0 Å². The van der Waals surface area contributed by atoms with Gasteiger partial charge in [0.1, 0.15) is 12.3 Å². The van der Waals surface area contributed by atoms with E-state index in [1.807, 2.05) is 44.2 Å². The van der Waals surface area contributed by atoms with Crippen LogP contribution in [-0.2, 0) is 17.8 Å². The van der Waals surface area contributed by atoms with E-state index in [0.717, 1.165) is 29.9 Å². The molecule has 0 radical (unpaired) electrons. The molecule has 2 heterocycles. The third-order valence-corrected chi connectivity index (χ3v) is 4.67. The molecule has 1 aromatic carbocycles. The lowest BCUT2D eigenvalue weighted by Crippen LogP contribution is -2.14. The van der Waals surface area contributed by atoms with Crippen LogP contribution in [0, 0.1) is 13.8 Å². The summed E-state index contributed by atoms with van der Waals surface area (Å²) >= 11 is 0. The summed E-state index contributed by atoms with van der Waals surface area (Å²) in [7, 11) is 3.29. The number of ether oxygens (including phenoxy) is 2. The summed E-state index contributed by atoms with van der Waals surface area (Å²) in [4.78, 5) is 14.1. The van der Waals surface area contributed by atoms with Crippen molar-refractivity contribution in [2.45, 2.75) is 33.4 Å². The lowest BCUT2D eigenvalue weighted by molar-refractivity contribution is 0.0960. The van der Waals surface area contributed by atoms with Gasteiger partial charge < -0.3 is 14.0 Å². The Hall–Kier alpha value is -3.00. The minimum Gasteiger partial charge on any atom is -0.497 e. The van der Waals surface area contributed by atoms with Crippen LogP contribution < -0.4 is 4.74 Å². The van der Waals surface area contributed by atoms with E-state index in [-0.39, 0.29) is 12.3 Å². The van der Waals surface area contributed by atoms with E-state index >= 15 is 0 Å². The van der Waals surface area contributed by atoms with Crippen molar-refractivity contribution in [3.8, 4) is 17.1 Å². The molecule has 0 spiro atoms. The highest BCUT2D eigenvalue weighted by Crippen LogP contribution is 2.20. The van der Waals surface area contributed by atoms with Crippen LogP contribution in [0.15, 0.2) is 30.3 Å². The first-order chi connectivity index (χ1) is 13.5. The number of hydrogen-bond acceptors (Lipinski definition) is 6. The standard InChI is InChI=1S/C20H25N5O3/c1-14-11-18(15(2)24(14)9-6-10-27-3)19(26)13-25-22-20(21-23-25)16-7-5-8-17(12-16)28-4/h5,7-8,11-12H,6,9-10,13H2,1-4H3. The molecule has 0 bridgehead atoms. The summed E-state index contributed by atoms with van der Waals surface area (Å²) in [6.45, 7) is 5.52. The lowest BCUT2D eigenvalue weighted by Gasteiger charge is -2.09. The molecule has 8 nitrogen and oxygen atoms in total. The number of benzene rings is 1. The van der Waals surface area contributed by atoms with Gasteiger partial charge in [0, 0.05) is 42.8 Å². The Morgan fingerprint density at radius 1 is 1.18 bits per heavy atom. The molecule has 3 aromatic rings.